The summed E-state index contributed by atoms with van der Waals surface area (Å²) in [5.74, 6) is -0.659. The van der Waals surface area contributed by atoms with Gasteiger partial charge in [-0.3, -0.25) is 5.32 Å². The Balaban J connectivity index is 1.60. The first-order chi connectivity index (χ1) is 14.8. The highest BCUT2D eigenvalue weighted by Gasteiger charge is 2.44. The number of amides is 1. The van der Waals surface area contributed by atoms with Gasteiger partial charge in [0.2, 0.25) is 0 Å². The van der Waals surface area contributed by atoms with Crippen LogP contribution in [0.2, 0.25) is 0 Å². The van der Waals surface area contributed by atoms with Crippen molar-refractivity contribution in [2.75, 3.05) is 18.5 Å². The Kier molecular flexibility index (Phi) is 8.17. The molecule has 0 spiro atoms. The number of aliphatic hydroxyl groups is 4. The van der Waals surface area contributed by atoms with Crippen LogP contribution in [0.4, 0.5) is 14.9 Å². The second-order valence-corrected chi connectivity index (χ2v) is 7.64. The lowest BCUT2D eigenvalue weighted by atomic mass is 9.98. The lowest BCUT2D eigenvalue weighted by Crippen LogP contribution is -2.57. The average Bonchev–Trinajstić information content (AvgIpc) is 2.73. The molecule has 10 nitrogen and oxygen atoms in total. The van der Waals surface area contributed by atoms with Crippen molar-refractivity contribution in [1.29, 1.82) is 0 Å². The summed E-state index contributed by atoms with van der Waals surface area (Å²) in [5.41, 5.74) is -0.101. The average molecular weight is 445 g/mol. The number of carbonyl (C=O) groups is 1. The fourth-order valence-electron chi connectivity index (χ4n) is 3.78. The molecule has 2 heterocycles. The van der Waals surface area contributed by atoms with Crippen LogP contribution in [0.3, 0.4) is 0 Å². The quantitative estimate of drug-likeness (QED) is 0.412. The number of benzene rings is 1. The molecule has 174 valence electrons. The molecule has 1 amide bonds. The lowest BCUT2D eigenvalue weighted by molar-refractivity contribution is -0.301. The molecule has 0 bridgehead atoms. The van der Waals surface area contributed by atoms with Crippen LogP contribution in [0.15, 0.2) is 24.3 Å². The fraction of sp³-hybridized carbons (Fsp3) is 0.650. The molecular weight excluding hydrogens is 417 g/mol. The van der Waals surface area contributed by atoms with E-state index >= 15 is 0 Å². The summed E-state index contributed by atoms with van der Waals surface area (Å²) in [6.07, 6.45) is -8.43. The molecule has 1 aromatic carbocycles. The van der Waals surface area contributed by atoms with E-state index in [-0.39, 0.29) is 24.8 Å². The normalized spacial score (nSPS) is 36.1. The monoisotopic (exact) mass is 445 g/mol. The molecule has 2 aliphatic heterocycles. The van der Waals surface area contributed by atoms with Gasteiger partial charge in [0.25, 0.3) is 0 Å². The van der Waals surface area contributed by atoms with Crippen LogP contribution >= 0.6 is 0 Å². The smallest absolute Gasteiger partial charge is 0.412 e. The first-order valence-electron chi connectivity index (χ1n) is 10.1. The minimum atomic E-state index is -1.27. The van der Waals surface area contributed by atoms with E-state index in [1.807, 2.05) is 0 Å². The summed E-state index contributed by atoms with van der Waals surface area (Å²) < 4.78 is 35.8. The Labute approximate surface area is 178 Å². The van der Waals surface area contributed by atoms with E-state index in [4.69, 9.17) is 18.9 Å². The number of ether oxygens (including phenoxy) is 4. The first kappa shape index (κ1) is 23.8. The van der Waals surface area contributed by atoms with E-state index in [9.17, 15) is 29.6 Å². The van der Waals surface area contributed by atoms with Gasteiger partial charge in [0.1, 0.15) is 24.1 Å². The highest BCUT2D eigenvalue weighted by atomic mass is 19.1. The van der Waals surface area contributed by atoms with Gasteiger partial charge in [-0.2, -0.15) is 0 Å². The van der Waals surface area contributed by atoms with Crippen LogP contribution in [-0.4, -0.2) is 88.8 Å². The first-order valence-corrected chi connectivity index (χ1v) is 10.1. The number of anilines is 1. The van der Waals surface area contributed by atoms with Crippen LogP contribution in [0.5, 0.6) is 0 Å². The minimum absolute atomic E-state index is 0.101. The maximum absolute atomic E-state index is 13.7. The molecule has 11 heteroatoms. The van der Waals surface area contributed by atoms with E-state index < -0.39 is 61.4 Å². The maximum Gasteiger partial charge on any atom is 0.412 e. The third-order valence-corrected chi connectivity index (χ3v) is 5.25. The molecule has 2 fully saturated rings. The zero-order chi connectivity index (χ0) is 22.5. The van der Waals surface area contributed by atoms with Gasteiger partial charge in [-0.1, -0.05) is 12.1 Å². The fourth-order valence-corrected chi connectivity index (χ4v) is 3.78. The van der Waals surface area contributed by atoms with Crippen LogP contribution in [0.25, 0.3) is 0 Å². The molecule has 8 atom stereocenters. The van der Waals surface area contributed by atoms with Gasteiger partial charge in [0.15, 0.2) is 12.4 Å². The lowest BCUT2D eigenvalue weighted by Gasteiger charge is -2.43. The van der Waals surface area contributed by atoms with E-state index in [2.05, 4.69) is 5.32 Å². The molecule has 3 rings (SSSR count). The number of aliphatic hydroxyl groups excluding tert-OH is 4. The molecule has 2 saturated heterocycles. The molecule has 0 aliphatic carbocycles. The predicted molar refractivity (Wildman–Crippen MR) is 104 cm³/mol. The van der Waals surface area contributed by atoms with Crippen molar-refractivity contribution in [3.05, 3.63) is 30.1 Å². The van der Waals surface area contributed by atoms with Crippen molar-refractivity contribution in [3.63, 3.8) is 0 Å². The Morgan fingerprint density at radius 1 is 1.10 bits per heavy atom. The van der Waals surface area contributed by atoms with Gasteiger partial charge < -0.3 is 39.4 Å². The predicted octanol–water partition coefficient (Wildman–Crippen LogP) is 0.127. The van der Waals surface area contributed by atoms with Crippen molar-refractivity contribution < 1.29 is 48.6 Å². The van der Waals surface area contributed by atoms with Gasteiger partial charge in [-0.15, -0.1) is 0 Å². The van der Waals surface area contributed by atoms with Gasteiger partial charge in [0, 0.05) is 12.8 Å². The third-order valence-electron chi connectivity index (χ3n) is 5.25. The summed E-state index contributed by atoms with van der Waals surface area (Å²) in [4.78, 5) is 12.1. The van der Waals surface area contributed by atoms with Gasteiger partial charge >= 0.3 is 6.09 Å². The number of halogens is 1. The van der Waals surface area contributed by atoms with E-state index in [0.29, 0.717) is 6.42 Å². The molecule has 5 N–H and O–H groups in total. The molecule has 3 unspecified atom stereocenters. The van der Waals surface area contributed by atoms with E-state index in [0.717, 1.165) is 6.07 Å². The topological polar surface area (TPSA) is 147 Å². The van der Waals surface area contributed by atoms with E-state index in [1.54, 1.807) is 6.92 Å². The highest BCUT2D eigenvalue weighted by Crippen LogP contribution is 2.29. The molecule has 0 radical (unpaired) electrons. The van der Waals surface area contributed by atoms with Crippen molar-refractivity contribution in [2.24, 2.45) is 0 Å². The number of carbonyl (C=O) groups excluding carboxylic acids is 1. The van der Waals surface area contributed by atoms with Crippen LogP contribution in [-0.2, 0) is 18.9 Å². The number of hydrogen-bond acceptors (Lipinski definition) is 9. The van der Waals surface area contributed by atoms with Gasteiger partial charge in [-0.25, -0.2) is 9.18 Å². The second kappa shape index (κ2) is 10.6. The highest BCUT2D eigenvalue weighted by molar-refractivity contribution is 5.84. The Hall–Kier alpha value is -1.86. The maximum atomic E-state index is 13.7. The molecule has 2 aliphatic rings. The van der Waals surface area contributed by atoms with E-state index in [1.165, 1.54) is 18.2 Å². The summed E-state index contributed by atoms with van der Waals surface area (Å²) in [5, 5.41) is 42.2. The molecular formula is C20H28FNO9. The molecule has 0 saturated carbocycles. The van der Waals surface area contributed by atoms with Gasteiger partial charge in [0.05, 0.1) is 37.2 Å². The zero-order valence-electron chi connectivity index (χ0n) is 17.0. The molecule has 31 heavy (non-hydrogen) atoms. The summed E-state index contributed by atoms with van der Waals surface area (Å²) in [6, 6.07) is 5.49. The SMILES string of the molecule is CC1CC(O)[C@H](OC2C[C@@H](O)[C@H](OC(=O)Nc3ccccc3F)[C@@H](CO)O2)[C@@H](CO)O1. The molecule has 1 aromatic rings. The van der Waals surface area contributed by atoms with Crippen LogP contribution in [0.1, 0.15) is 19.8 Å². The van der Waals surface area contributed by atoms with Crippen LogP contribution < -0.4 is 5.32 Å². The second-order valence-electron chi connectivity index (χ2n) is 7.64. The zero-order valence-corrected chi connectivity index (χ0v) is 17.0. The Morgan fingerprint density at radius 3 is 2.42 bits per heavy atom. The summed E-state index contributed by atoms with van der Waals surface area (Å²) in [6.45, 7) is 0.782. The van der Waals surface area contributed by atoms with Crippen molar-refractivity contribution in [2.45, 2.75) is 68.8 Å². The summed E-state index contributed by atoms with van der Waals surface area (Å²) in [7, 11) is 0. The van der Waals surface area contributed by atoms with Crippen LogP contribution in [0, 0.1) is 5.82 Å². The number of nitrogens with one attached hydrogen (secondary N) is 1. The number of hydrogen-bond donors (Lipinski definition) is 5. The standard InChI is InChI=1S/C20H28FNO9/c1-10-6-13(25)18(15(8-23)28-10)30-17-7-14(26)19(16(9-24)29-17)31-20(27)22-12-5-3-2-4-11(12)21/h2-5,10,13-19,23-26H,6-9H2,1H3,(H,22,27)/t10?,13?,14-,15-,16-,17?,18+,19+/m1/s1. The largest absolute Gasteiger partial charge is 0.440 e. The molecule has 0 aromatic heterocycles. The van der Waals surface area contributed by atoms with Crippen molar-refractivity contribution in [1.82, 2.24) is 0 Å². The van der Waals surface area contributed by atoms with Crippen molar-refractivity contribution in [3.8, 4) is 0 Å². The van der Waals surface area contributed by atoms with Gasteiger partial charge in [-0.05, 0) is 19.1 Å². The van der Waals surface area contributed by atoms with Crippen molar-refractivity contribution >= 4 is 11.8 Å². The Bertz CT molecular complexity index is 738. The summed E-state index contributed by atoms with van der Waals surface area (Å²) >= 11 is 0. The minimum Gasteiger partial charge on any atom is -0.440 e. The Morgan fingerprint density at radius 2 is 1.74 bits per heavy atom. The third kappa shape index (κ3) is 5.89. The number of para-hydroxylation sites is 1. The number of rotatable bonds is 6.